The molecule has 0 bridgehead atoms. The van der Waals surface area contributed by atoms with Crippen molar-refractivity contribution < 1.29 is 14.7 Å². The van der Waals surface area contributed by atoms with Gasteiger partial charge >= 0.3 is 5.97 Å². The normalized spacial score (nSPS) is 21.5. The smallest absolute Gasteiger partial charge is 0.308 e. The van der Waals surface area contributed by atoms with Crippen molar-refractivity contribution in [3.8, 4) is 0 Å². The lowest BCUT2D eigenvalue weighted by Crippen LogP contribution is -2.43. The van der Waals surface area contributed by atoms with Crippen LogP contribution >= 0.6 is 0 Å². The molecule has 0 spiro atoms. The van der Waals surface area contributed by atoms with Crippen molar-refractivity contribution in [3.05, 3.63) is 0 Å². The van der Waals surface area contributed by atoms with Gasteiger partial charge in [0.25, 0.3) is 0 Å². The maximum Gasteiger partial charge on any atom is 0.308 e. The van der Waals surface area contributed by atoms with E-state index in [4.69, 9.17) is 5.11 Å². The molecule has 0 aromatic heterocycles. The third kappa shape index (κ3) is 4.73. The van der Waals surface area contributed by atoms with Crippen LogP contribution in [0.3, 0.4) is 0 Å². The molecule has 0 aromatic rings. The Balaban J connectivity index is 2.35. The summed E-state index contributed by atoms with van der Waals surface area (Å²) in [5, 5.41) is 14.9. The zero-order chi connectivity index (χ0) is 12.8. The number of carbonyl (C=O) groups is 2. The van der Waals surface area contributed by atoms with Crippen LogP contribution in [-0.4, -0.2) is 36.1 Å². The highest BCUT2D eigenvalue weighted by atomic mass is 16.4. The summed E-state index contributed by atoms with van der Waals surface area (Å²) >= 11 is 0. The number of rotatable bonds is 6. The predicted molar refractivity (Wildman–Crippen MR) is 64.6 cm³/mol. The summed E-state index contributed by atoms with van der Waals surface area (Å²) in [5.74, 6) is -1.08. The molecule has 1 fully saturated rings. The number of nitrogens with one attached hydrogen (secondary N) is 2. The Kier molecular flexibility index (Phi) is 5.41. The Labute approximate surface area is 102 Å². The van der Waals surface area contributed by atoms with Gasteiger partial charge in [-0.2, -0.15) is 0 Å². The van der Waals surface area contributed by atoms with Crippen LogP contribution in [-0.2, 0) is 9.59 Å². The first-order valence-corrected chi connectivity index (χ1v) is 6.24. The molecule has 2 unspecified atom stereocenters. The zero-order valence-corrected chi connectivity index (χ0v) is 10.5. The molecular weight excluding hydrogens is 220 g/mol. The van der Waals surface area contributed by atoms with Crippen LogP contribution < -0.4 is 10.6 Å². The minimum Gasteiger partial charge on any atom is -0.481 e. The van der Waals surface area contributed by atoms with Crippen LogP contribution in [0.2, 0.25) is 0 Å². The lowest BCUT2D eigenvalue weighted by molar-refractivity contribution is -0.142. The van der Waals surface area contributed by atoms with E-state index in [9.17, 15) is 9.59 Å². The van der Waals surface area contributed by atoms with E-state index in [-0.39, 0.29) is 18.5 Å². The Bertz CT molecular complexity index is 273. The van der Waals surface area contributed by atoms with Gasteiger partial charge in [-0.25, -0.2) is 0 Å². The van der Waals surface area contributed by atoms with E-state index < -0.39 is 11.9 Å². The van der Waals surface area contributed by atoms with E-state index in [0.717, 1.165) is 19.4 Å². The van der Waals surface area contributed by atoms with E-state index in [1.54, 1.807) is 0 Å². The van der Waals surface area contributed by atoms with E-state index in [2.05, 4.69) is 10.6 Å². The van der Waals surface area contributed by atoms with Gasteiger partial charge in [-0.3, -0.25) is 9.59 Å². The minimum absolute atomic E-state index is 0.0718. The van der Waals surface area contributed by atoms with Gasteiger partial charge in [-0.1, -0.05) is 13.8 Å². The maximum absolute atomic E-state index is 11.7. The van der Waals surface area contributed by atoms with E-state index >= 15 is 0 Å². The minimum atomic E-state index is -0.835. The van der Waals surface area contributed by atoms with Crippen LogP contribution in [0.5, 0.6) is 0 Å². The molecule has 0 aromatic carbocycles. The van der Waals surface area contributed by atoms with Gasteiger partial charge in [0.05, 0.1) is 12.0 Å². The fourth-order valence-electron chi connectivity index (χ4n) is 2.10. The van der Waals surface area contributed by atoms with Gasteiger partial charge in [-0.05, 0) is 31.7 Å². The molecule has 17 heavy (non-hydrogen) atoms. The molecule has 98 valence electrons. The van der Waals surface area contributed by atoms with Gasteiger partial charge < -0.3 is 15.7 Å². The topological polar surface area (TPSA) is 78.4 Å². The second kappa shape index (κ2) is 6.59. The average molecular weight is 242 g/mol. The first-order valence-electron chi connectivity index (χ1n) is 6.24. The third-order valence-corrected chi connectivity index (χ3v) is 3.00. The third-order valence-electron chi connectivity index (χ3n) is 3.00. The highest BCUT2D eigenvalue weighted by Gasteiger charge is 2.24. The molecule has 1 amide bonds. The second-order valence-corrected chi connectivity index (χ2v) is 5.06. The Hall–Kier alpha value is -1.10. The molecule has 2 atom stereocenters. The molecule has 0 radical (unpaired) electrons. The number of hydrogen-bond donors (Lipinski definition) is 3. The average Bonchev–Trinajstić information content (AvgIpc) is 2.76. The molecule has 5 nitrogen and oxygen atoms in total. The Morgan fingerprint density at radius 3 is 2.65 bits per heavy atom. The summed E-state index contributed by atoms with van der Waals surface area (Å²) < 4.78 is 0. The lowest BCUT2D eigenvalue weighted by atomic mass is 9.97. The van der Waals surface area contributed by atoms with Crippen molar-refractivity contribution in [3.63, 3.8) is 0 Å². The summed E-state index contributed by atoms with van der Waals surface area (Å²) in [7, 11) is 0. The van der Waals surface area contributed by atoms with Crippen molar-refractivity contribution in [2.24, 2.45) is 11.8 Å². The number of hydrogen-bond acceptors (Lipinski definition) is 3. The van der Waals surface area contributed by atoms with Crippen LogP contribution in [0.25, 0.3) is 0 Å². The highest BCUT2D eigenvalue weighted by Crippen LogP contribution is 2.11. The monoisotopic (exact) mass is 242 g/mol. The number of carbonyl (C=O) groups excluding carboxylic acids is 1. The largest absolute Gasteiger partial charge is 0.481 e. The molecule has 5 heteroatoms. The SMILES string of the molecule is CC(C)CC(CNC(=O)C1CCCN1)C(=O)O. The van der Waals surface area contributed by atoms with Crippen molar-refractivity contribution in [1.29, 1.82) is 0 Å². The van der Waals surface area contributed by atoms with Crippen molar-refractivity contribution in [2.45, 2.75) is 39.2 Å². The summed E-state index contributed by atoms with van der Waals surface area (Å²) in [6, 6.07) is -0.136. The number of carboxylic acids is 1. The van der Waals surface area contributed by atoms with Gasteiger partial charge in [0, 0.05) is 6.54 Å². The molecule has 1 heterocycles. The number of aliphatic carboxylic acids is 1. The van der Waals surface area contributed by atoms with Crippen LogP contribution in [0.4, 0.5) is 0 Å². The Morgan fingerprint density at radius 2 is 2.18 bits per heavy atom. The van der Waals surface area contributed by atoms with Gasteiger partial charge in [-0.15, -0.1) is 0 Å². The molecule has 1 aliphatic heterocycles. The summed E-state index contributed by atoms with van der Waals surface area (Å²) in [4.78, 5) is 22.7. The summed E-state index contributed by atoms with van der Waals surface area (Å²) in [6.07, 6.45) is 2.44. The molecule has 1 rings (SSSR count). The standard InChI is InChI=1S/C12H22N2O3/c1-8(2)6-9(12(16)17)7-14-11(15)10-4-3-5-13-10/h8-10,13H,3-7H2,1-2H3,(H,14,15)(H,16,17). The van der Waals surface area contributed by atoms with Crippen molar-refractivity contribution in [2.75, 3.05) is 13.1 Å². The van der Waals surface area contributed by atoms with Crippen LogP contribution in [0, 0.1) is 11.8 Å². The van der Waals surface area contributed by atoms with E-state index in [1.165, 1.54) is 0 Å². The van der Waals surface area contributed by atoms with Crippen LogP contribution in [0.15, 0.2) is 0 Å². The second-order valence-electron chi connectivity index (χ2n) is 5.06. The zero-order valence-electron chi connectivity index (χ0n) is 10.5. The van der Waals surface area contributed by atoms with Gasteiger partial charge in [0.1, 0.15) is 0 Å². The molecular formula is C12H22N2O3. The summed E-state index contributed by atoms with van der Waals surface area (Å²) in [6.45, 7) is 5.06. The summed E-state index contributed by atoms with van der Waals surface area (Å²) in [5.41, 5.74) is 0. The predicted octanol–water partition coefficient (Wildman–Crippen LogP) is 0.602. The number of amides is 1. The number of carboxylic acid groups (broad SMARTS) is 1. The highest BCUT2D eigenvalue weighted by molar-refractivity contribution is 5.82. The van der Waals surface area contributed by atoms with E-state index in [1.807, 2.05) is 13.8 Å². The lowest BCUT2D eigenvalue weighted by Gasteiger charge is -2.17. The first-order chi connectivity index (χ1) is 8.00. The van der Waals surface area contributed by atoms with Gasteiger partial charge in [0.15, 0.2) is 0 Å². The molecule has 1 aliphatic rings. The fourth-order valence-corrected chi connectivity index (χ4v) is 2.10. The van der Waals surface area contributed by atoms with Crippen LogP contribution in [0.1, 0.15) is 33.1 Å². The fraction of sp³-hybridized carbons (Fsp3) is 0.833. The van der Waals surface area contributed by atoms with Crippen molar-refractivity contribution in [1.82, 2.24) is 10.6 Å². The van der Waals surface area contributed by atoms with Gasteiger partial charge in [0.2, 0.25) is 5.91 Å². The first kappa shape index (κ1) is 14.0. The van der Waals surface area contributed by atoms with Crippen molar-refractivity contribution >= 4 is 11.9 Å². The molecule has 3 N–H and O–H groups in total. The van der Waals surface area contributed by atoms with E-state index in [0.29, 0.717) is 12.3 Å². The maximum atomic E-state index is 11.7. The molecule has 0 aliphatic carbocycles. The molecule has 1 saturated heterocycles. The molecule has 0 saturated carbocycles. The quantitative estimate of drug-likeness (QED) is 0.637. The Morgan fingerprint density at radius 1 is 1.47 bits per heavy atom.